The highest BCUT2D eigenvalue weighted by Crippen LogP contribution is 2.21. The van der Waals surface area contributed by atoms with E-state index < -0.39 is 5.97 Å². The highest BCUT2D eigenvalue weighted by atomic mass is 16.6. The number of carbonyl (C=O) groups excluding carboxylic acids is 3. The molecule has 1 aromatic rings. The largest absolute Gasteiger partial charge is 0.467 e. The van der Waals surface area contributed by atoms with Crippen LogP contribution in [-0.4, -0.2) is 116 Å². The molecule has 0 spiro atoms. The van der Waals surface area contributed by atoms with Crippen molar-refractivity contribution in [1.82, 2.24) is 4.90 Å². The topological polar surface area (TPSA) is 119 Å². The Balaban J connectivity index is 1.30. The summed E-state index contributed by atoms with van der Waals surface area (Å²) >= 11 is 0. The number of nitrogens with zero attached hydrogens (tertiary/aromatic N) is 1. The van der Waals surface area contributed by atoms with E-state index in [0.29, 0.717) is 77.2 Å². The number of rotatable bonds is 20. The van der Waals surface area contributed by atoms with Gasteiger partial charge in [-0.15, -0.1) is 0 Å². The smallest absolute Gasteiger partial charge is 0.331 e. The molecule has 0 bridgehead atoms. The van der Waals surface area contributed by atoms with E-state index in [-0.39, 0.29) is 31.6 Å². The second-order valence-corrected chi connectivity index (χ2v) is 7.00. The van der Waals surface area contributed by atoms with E-state index in [9.17, 15) is 14.4 Å². The average Bonchev–Trinajstić information content (AvgIpc) is 3.10. The Morgan fingerprint density at radius 3 is 1.44 bits per heavy atom. The number of esters is 1. The van der Waals surface area contributed by atoms with Crippen LogP contribution in [-0.2, 0) is 38.0 Å². The molecule has 1 aliphatic heterocycles. The molecule has 0 saturated heterocycles. The van der Waals surface area contributed by atoms with Crippen LogP contribution in [0.4, 0.5) is 0 Å². The summed E-state index contributed by atoms with van der Waals surface area (Å²) in [7, 11) is 1.31. The maximum absolute atomic E-state index is 12.2. The molecule has 1 heterocycles. The maximum Gasteiger partial charge on any atom is 0.331 e. The minimum absolute atomic E-state index is 0.0802. The summed E-state index contributed by atoms with van der Waals surface area (Å²) in [6.07, 6.45) is 0. The lowest BCUT2D eigenvalue weighted by molar-refractivity contribution is -0.146. The number of amides is 2. The summed E-state index contributed by atoms with van der Waals surface area (Å²) in [4.78, 5) is 36.5. The predicted octanol–water partition coefficient (Wildman–Crippen LogP) is 0.555. The van der Waals surface area contributed by atoms with Crippen molar-refractivity contribution >= 4 is 17.8 Å². The first-order chi connectivity index (χ1) is 16.6. The second kappa shape index (κ2) is 17.1. The molecule has 0 fully saturated rings. The predicted molar refractivity (Wildman–Crippen MR) is 119 cm³/mol. The van der Waals surface area contributed by atoms with Gasteiger partial charge in [0, 0.05) is 0 Å². The molecule has 0 aromatic heterocycles. The molecular weight excluding hydrogens is 450 g/mol. The van der Waals surface area contributed by atoms with Gasteiger partial charge < -0.3 is 33.2 Å². The van der Waals surface area contributed by atoms with Gasteiger partial charge in [-0.2, -0.15) is 0 Å². The highest BCUT2D eigenvalue weighted by Gasteiger charge is 2.34. The molecule has 11 heteroatoms. The minimum Gasteiger partial charge on any atom is -0.467 e. The fraction of sp³-hybridized carbons (Fsp3) is 0.609. The average molecular weight is 484 g/mol. The van der Waals surface area contributed by atoms with Crippen LogP contribution in [0.3, 0.4) is 0 Å². The number of carbonyl (C=O) groups is 3. The van der Waals surface area contributed by atoms with E-state index in [1.54, 1.807) is 24.3 Å². The van der Waals surface area contributed by atoms with Crippen molar-refractivity contribution in [2.75, 3.05) is 92.9 Å². The molecular formula is C23H33NO10. The molecule has 2 rings (SSSR count). The zero-order valence-electron chi connectivity index (χ0n) is 19.5. The van der Waals surface area contributed by atoms with E-state index >= 15 is 0 Å². The van der Waals surface area contributed by atoms with Crippen LogP contribution in [0.15, 0.2) is 24.3 Å². The molecule has 2 amide bonds. The third-order valence-electron chi connectivity index (χ3n) is 4.65. The van der Waals surface area contributed by atoms with Crippen LogP contribution >= 0.6 is 0 Å². The minimum atomic E-state index is -0.417. The number of imide groups is 1. The molecule has 34 heavy (non-hydrogen) atoms. The van der Waals surface area contributed by atoms with Crippen LogP contribution in [0, 0.1) is 0 Å². The van der Waals surface area contributed by atoms with Gasteiger partial charge in [-0.05, 0) is 12.1 Å². The lowest BCUT2D eigenvalue weighted by atomic mass is 10.1. The van der Waals surface area contributed by atoms with Gasteiger partial charge in [0.15, 0.2) is 0 Å². The Morgan fingerprint density at radius 2 is 1.03 bits per heavy atom. The van der Waals surface area contributed by atoms with Crippen LogP contribution in [0.5, 0.6) is 0 Å². The summed E-state index contributed by atoms with van der Waals surface area (Å²) in [5, 5.41) is 0. The summed E-state index contributed by atoms with van der Waals surface area (Å²) in [6.45, 7) is 4.46. The van der Waals surface area contributed by atoms with Gasteiger partial charge in [0.2, 0.25) is 0 Å². The van der Waals surface area contributed by atoms with E-state index in [1.807, 2.05) is 0 Å². The third-order valence-corrected chi connectivity index (χ3v) is 4.65. The molecule has 11 nitrogen and oxygen atoms in total. The summed E-state index contributed by atoms with van der Waals surface area (Å²) in [5.74, 6) is -0.980. The van der Waals surface area contributed by atoms with Gasteiger partial charge in [-0.1, -0.05) is 12.1 Å². The molecule has 0 aliphatic carbocycles. The number of methoxy groups -OCH3 is 1. The molecule has 0 unspecified atom stereocenters. The van der Waals surface area contributed by atoms with E-state index in [2.05, 4.69) is 4.74 Å². The first-order valence-electron chi connectivity index (χ1n) is 11.1. The van der Waals surface area contributed by atoms with Crippen LogP contribution in [0.25, 0.3) is 0 Å². The van der Waals surface area contributed by atoms with Crippen molar-refractivity contribution < 1.29 is 47.5 Å². The number of ether oxygens (including phenoxy) is 7. The van der Waals surface area contributed by atoms with Crippen molar-refractivity contribution in [2.45, 2.75) is 0 Å². The maximum atomic E-state index is 12.2. The van der Waals surface area contributed by atoms with E-state index in [1.165, 1.54) is 12.0 Å². The van der Waals surface area contributed by atoms with Gasteiger partial charge in [-0.25, -0.2) is 4.79 Å². The van der Waals surface area contributed by atoms with Crippen molar-refractivity contribution in [2.24, 2.45) is 0 Å². The van der Waals surface area contributed by atoms with Crippen LogP contribution in [0.2, 0.25) is 0 Å². The highest BCUT2D eigenvalue weighted by molar-refractivity contribution is 6.21. The summed E-state index contributed by atoms with van der Waals surface area (Å²) in [5.41, 5.74) is 0.877. The molecule has 0 saturated carbocycles. The number of hydrogen-bond acceptors (Lipinski definition) is 10. The second-order valence-electron chi connectivity index (χ2n) is 7.00. The SMILES string of the molecule is COC(=O)COCCOCCOCCOCCOCCOCCN1C(=O)c2ccccc2C1=O. The molecule has 190 valence electrons. The van der Waals surface area contributed by atoms with Crippen molar-refractivity contribution in [3.8, 4) is 0 Å². The third kappa shape index (κ3) is 10.2. The Labute approximate surface area is 199 Å². The monoisotopic (exact) mass is 483 g/mol. The fourth-order valence-electron chi connectivity index (χ4n) is 2.91. The van der Waals surface area contributed by atoms with Crippen molar-refractivity contribution in [3.63, 3.8) is 0 Å². The normalized spacial score (nSPS) is 12.9. The van der Waals surface area contributed by atoms with E-state index in [4.69, 9.17) is 28.4 Å². The van der Waals surface area contributed by atoms with Gasteiger partial charge in [0.25, 0.3) is 11.8 Å². The lowest BCUT2D eigenvalue weighted by Gasteiger charge is -2.13. The number of hydrogen-bond donors (Lipinski definition) is 0. The van der Waals surface area contributed by atoms with Crippen LogP contribution in [0.1, 0.15) is 20.7 Å². The van der Waals surface area contributed by atoms with E-state index in [0.717, 1.165) is 0 Å². The molecule has 1 aliphatic rings. The quantitative estimate of drug-likeness (QED) is 0.148. The first kappa shape index (κ1) is 27.8. The molecule has 1 aromatic carbocycles. The van der Waals surface area contributed by atoms with Gasteiger partial charge in [-0.3, -0.25) is 14.5 Å². The van der Waals surface area contributed by atoms with Crippen LogP contribution < -0.4 is 0 Å². The van der Waals surface area contributed by atoms with Crippen molar-refractivity contribution in [1.29, 1.82) is 0 Å². The number of benzene rings is 1. The van der Waals surface area contributed by atoms with Gasteiger partial charge in [0.05, 0.1) is 97.5 Å². The lowest BCUT2D eigenvalue weighted by Crippen LogP contribution is -2.33. The Morgan fingerprint density at radius 1 is 0.647 bits per heavy atom. The zero-order valence-corrected chi connectivity index (χ0v) is 19.5. The number of fused-ring (bicyclic) bond motifs is 1. The Kier molecular flexibility index (Phi) is 14.0. The Hall–Kier alpha value is -2.41. The first-order valence-corrected chi connectivity index (χ1v) is 11.1. The van der Waals surface area contributed by atoms with Gasteiger partial charge >= 0.3 is 5.97 Å². The zero-order chi connectivity index (χ0) is 24.4. The Bertz CT molecular complexity index is 722. The standard InChI is InChI=1S/C23H33NO10/c1-28-21(25)18-34-17-16-33-15-14-32-13-12-31-11-10-30-9-8-29-7-6-24-22(26)19-4-2-3-5-20(19)23(24)27/h2-5H,6-18H2,1H3. The van der Waals surface area contributed by atoms with Gasteiger partial charge in [0.1, 0.15) is 6.61 Å². The fourth-order valence-corrected chi connectivity index (χ4v) is 2.91. The van der Waals surface area contributed by atoms with Crippen molar-refractivity contribution in [3.05, 3.63) is 35.4 Å². The summed E-state index contributed by atoms with van der Waals surface area (Å²) < 4.78 is 36.4. The molecule has 0 radical (unpaired) electrons. The molecule has 0 atom stereocenters. The molecule has 0 N–H and O–H groups in total. The summed E-state index contributed by atoms with van der Waals surface area (Å²) in [6, 6.07) is 6.79.